The van der Waals surface area contributed by atoms with Gasteiger partial charge >= 0.3 is 7.60 Å². The second-order valence-corrected chi connectivity index (χ2v) is 8.29. The summed E-state index contributed by atoms with van der Waals surface area (Å²) in [5.74, 6) is 0.216. The summed E-state index contributed by atoms with van der Waals surface area (Å²) in [7, 11) is -2.22. The first-order valence-electron chi connectivity index (χ1n) is 8.53. The van der Waals surface area contributed by atoms with Crippen molar-refractivity contribution in [2.75, 3.05) is 19.0 Å². The number of nitrogens with one attached hydrogen (secondary N) is 1. The Hall–Kier alpha value is -1.95. The summed E-state index contributed by atoms with van der Waals surface area (Å²) >= 11 is 6.15. The predicted octanol–water partition coefficient (Wildman–Crippen LogP) is 5.21. The Morgan fingerprint density at radius 1 is 1.37 bits per heavy atom. The normalized spacial score (nSPS) is 14.3. The van der Waals surface area contributed by atoms with Crippen LogP contribution in [0.2, 0.25) is 5.02 Å². The number of anilines is 1. The average Bonchev–Trinajstić information content (AvgIpc) is 2.63. The van der Waals surface area contributed by atoms with Crippen LogP contribution in [0.5, 0.6) is 17.2 Å². The fourth-order valence-electron chi connectivity index (χ4n) is 2.48. The molecule has 0 saturated heterocycles. The van der Waals surface area contributed by atoms with Gasteiger partial charge in [-0.1, -0.05) is 18.5 Å². The van der Waals surface area contributed by atoms with Crippen LogP contribution >= 0.6 is 19.2 Å². The highest BCUT2D eigenvalue weighted by molar-refractivity contribution is 7.55. The number of phenols is 1. The highest BCUT2D eigenvalue weighted by Gasteiger charge is 2.37. The van der Waals surface area contributed by atoms with Gasteiger partial charge in [0, 0.05) is 12.3 Å². The van der Waals surface area contributed by atoms with Gasteiger partial charge < -0.3 is 19.7 Å². The Labute approximate surface area is 164 Å². The monoisotopic (exact) mass is 414 g/mol. The molecule has 7 nitrogen and oxygen atoms in total. The molecule has 2 atom stereocenters. The quantitative estimate of drug-likeness (QED) is 0.544. The van der Waals surface area contributed by atoms with Crippen molar-refractivity contribution in [3.05, 3.63) is 41.0 Å². The maximum atomic E-state index is 13.5. The molecule has 148 valence electrons. The van der Waals surface area contributed by atoms with Gasteiger partial charge in [0.25, 0.3) is 0 Å². The highest BCUT2D eigenvalue weighted by Crippen LogP contribution is 2.55. The molecule has 1 heterocycles. The highest BCUT2D eigenvalue weighted by atomic mass is 35.5. The van der Waals surface area contributed by atoms with Crippen molar-refractivity contribution in [3.63, 3.8) is 0 Å². The van der Waals surface area contributed by atoms with Crippen molar-refractivity contribution in [3.8, 4) is 17.2 Å². The second kappa shape index (κ2) is 9.31. The lowest BCUT2D eigenvalue weighted by Crippen LogP contribution is -2.24. The summed E-state index contributed by atoms with van der Waals surface area (Å²) in [4.78, 5) is 4.17. The van der Waals surface area contributed by atoms with Gasteiger partial charge in [0.15, 0.2) is 11.5 Å². The molecule has 2 N–H and O–H groups in total. The Morgan fingerprint density at radius 3 is 2.70 bits per heavy atom. The van der Waals surface area contributed by atoms with Crippen LogP contribution in [0.15, 0.2) is 30.5 Å². The molecule has 0 fully saturated rings. The van der Waals surface area contributed by atoms with Gasteiger partial charge in [-0.05, 0) is 44.0 Å². The zero-order valence-corrected chi connectivity index (χ0v) is 17.4. The van der Waals surface area contributed by atoms with E-state index in [0.717, 1.165) is 0 Å². The molecule has 2 aromatic rings. The molecular formula is C18H24ClN2O5P. The van der Waals surface area contributed by atoms with Crippen molar-refractivity contribution in [1.29, 1.82) is 0 Å². The molecule has 0 spiro atoms. The molecule has 0 aliphatic rings. The SMILES string of the molecule is CCOP(=O)(Oc1cc(C)c(O)c(OC)c1)C(CC)Nc1ncccc1Cl. The third kappa shape index (κ3) is 5.06. The van der Waals surface area contributed by atoms with Crippen LogP contribution in [0, 0.1) is 6.92 Å². The van der Waals surface area contributed by atoms with E-state index in [1.165, 1.54) is 13.2 Å². The van der Waals surface area contributed by atoms with Crippen LogP contribution in [-0.4, -0.2) is 29.6 Å². The number of phenolic OH excluding ortho intramolecular Hbond substituents is 1. The molecule has 9 heteroatoms. The summed E-state index contributed by atoms with van der Waals surface area (Å²) in [5, 5.41) is 13.5. The second-order valence-electron chi connectivity index (χ2n) is 5.74. The van der Waals surface area contributed by atoms with Crippen LogP contribution in [0.4, 0.5) is 5.82 Å². The fourth-order valence-corrected chi connectivity index (χ4v) is 4.51. The zero-order valence-electron chi connectivity index (χ0n) is 15.7. The lowest BCUT2D eigenvalue weighted by Gasteiger charge is -2.27. The molecule has 0 aliphatic carbocycles. The van der Waals surface area contributed by atoms with E-state index in [4.69, 9.17) is 25.4 Å². The largest absolute Gasteiger partial charge is 0.504 e. The van der Waals surface area contributed by atoms with Crippen LogP contribution in [-0.2, 0) is 9.09 Å². The number of aromatic nitrogens is 1. The predicted molar refractivity (Wildman–Crippen MR) is 106 cm³/mol. The van der Waals surface area contributed by atoms with Gasteiger partial charge in [0.05, 0.1) is 18.7 Å². The van der Waals surface area contributed by atoms with Gasteiger partial charge in [-0.15, -0.1) is 0 Å². The molecule has 0 aliphatic heterocycles. The minimum absolute atomic E-state index is 0.00141. The number of aromatic hydroxyl groups is 1. The van der Waals surface area contributed by atoms with Crippen molar-refractivity contribution in [2.45, 2.75) is 33.0 Å². The van der Waals surface area contributed by atoms with Crippen LogP contribution < -0.4 is 14.6 Å². The Balaban J connectivity index is 2.36. The summed E-state index contributed by atoms with van der Waals surface area (Å²) < 4.78 is 30.0. The lowest BCUT2D eigenvalue weighted by molar-refractivity contribution is 0.270. The number of halogens is 1. The topological polar surface area (TPSA) is 89.9 Å². The van der Waals surface area contributed by atoms with E-state index in [0.29, 0.717) is 22.8 Å². The smallest absolute Gasteiger partial charge is 0.401 e. The molecule has 0 radical (unpaired) electrons. The number of aryl methyl sites for hydroxylation is 1. The lowest BCUT2D eigenvalue weighted by atomic mass is 10.2. The molecule has 27 heavy (non-hydrogen) atoms. The minimum atomic E-state index is -3.65. The van der Waals surface area contributed by atoms with Crippen LogP contribution in [0.1, 0.15) is 25.8 Å². The zero-order chi connectivity index (χ0) is 20.0. The van der Waals surface area contributed by atoms with Gasteiger partial charge in [0.1, 0.15) is 17.4 Å². The molecule has 2 unspecified atom stereocenters. The van der Waals surface area contributed by atoms with Crippen molar-refractivity contribution in [2.24, 2.45) is 0 Å². The summed E-state index contributed by atoms with van der Waals surface area (Å²) in [5.41, 5.74) is 0.529. The van der Waals surface area contributed by atoms with Crippen molar-refractivity contribution < 1.29 is 23.5 Å². The number of hydrogen-bond donors (Lipinski definition) is 2. The first-order valence-corrected chi connectivity index (χ1v) is 10.5. The van der Waals surface area contributed by atoms with E-state index >= 15 is 0 Å². The number of methoxy groups -OCH3 is 1. The molecule has 1 aromatic carbocycles. The van der Waals surface area contributed by atoms with Crippen molar-refractivity contribution >= 4 is 25.0 Å². The average molecular weight is 415 g/mol. The number of nitrogens with zero attached hydrogens (tertiary/aromatic N) is 1. The standard InChI is InChI=1S/C18H24ClN2O5P/c1-5-16(21-18-14(19)8-7-9-20-18)27(23,25-6-2)26-13-10-12(3)17(22)15(11-13)24-4/h7-11,16,22H,5-6H2,1-4H3,(H,20,21). The molecule has 2 rings (SSSR count). The van der Waals surface area contributed by atoms with Crippen molar-refractivity contribution in [1.82, 2.24) is 4.98 Å². The molecule has 0 bridgehead atoms. The number of rotatable bonds is 9. The van der Waals surface area contributed by atoms with E-state index in [1.54, 1.807) is 38.2 Å². The Morgan fingerprint density at radius 2 is 2.11 bits per heavy atom. The number of hydrogen-bond acceptors (Lipinski definition) is 7. The first-order chi connectivity index (χ1) is 12.8. The van der Waals surface area contributed by atoms with Crippen LogP contribution in [0.25, 0.3) is 0 Å². The minimum Gasteiger partial charge on any atom is -0.504 e. The third-order valence-electron chi connectivity index (χ3n) is 3.83. The molecule has 0 saturated carbocycles. The van der Waals surface area contributed by atoms with E-state index in [1.807, 2.05) is 6.92 Å². The maximum absolute atomic E-state index is 13.5. The van der Waals surface area contributed by atoms with E-state index in [9.17, 15) is 9.67 Å². The van der Waals surface area contributed by atoms with Gasteiger partial charge in [-0.3, -0.25) is 4.52 Å². The van der Waals surface area contributed by atoms with Gasteiger partial charge in [0.2, 0.25) is 0 Å². The van der Waals surface area contributed by atoms with E-state index < -0.39 is 13.4 Å². The molecule has 1 aromatic heterocycles. The van der Waals surface area contributed by atoms with Gasteiger partial charge in [-0.2, -0.15) is 0 Å². The Kier molecular flexibility index (Phi) is 7.36. The van der Waals surface area contributed by atoms with E-state index in [2.05, 4.69) is 10.3 Å². The van der Waals surface area contributed by atoms with Gasteiger partial charge in [-0.25, -0.2) is 9.55 Å². The number of benzene rings is 1. The summed E-state index contributed by atoms with van der Waals surface area (Å²) in [6.07, 6.45) is 2.03. The first kappa shape index (κ1) is 21.4. The third-order valence-corrected chi connectivity index (χ3v) is 6.48. The summed E-state index contributed by atoms with van der Waals surface area (Å²) in [6, 6.07) is 6.43. The summed E-state index contributed by atoms with van der Waals surface area (Å²) in [6.45, 7) is 5.48. The number of pyridine rings is 1. The maximum Gasteiger partial charge on any atom is 0.401 e. The molecule has 0 amide bonds. The fraction of sp³-hybridized carbons (Fsp3) is 0.389. The van der Waals surface area contributed by atoms with E-state index in [-0.39, 0.29) is 23.9 Å². The van der Waals surface area contributed by atoms with Crippen LogP contribution in [0.3, 0.4) is 0 Å². The number of ether oxygens (including phenoxy) is 1. The Bertz CT molecular complexity index is 833. The molecular weight excluding hydrogens is 391 g/mol.